The normalized spacial score (nSPS) is 17.2. The summed E-state index contributed by atoms with van der Waals surface area (Å²) in [5.74, 6) is 1.47. The summed E-state index contributed by atoms with van der Waals surface area (Å²) in [6.07, 6.45) is 3.94. The van der Waals surface area contributed by atoms with Crippen LogP contribution in [0.1, 0.15) is 5.56 Å². The minimum absolute atomic E-state index is 0.0241. The Bertz CT molecular complexity index is 859. The molecule has 1 aromatic carbocycles. The van der Waals surface area contributed by atoms with Crippen LogP contribution >= 0.6 is 0 Å². The number of hydrogen-bond donors (Lipinski definition) is 2. The Hall–Kier alpha value is -2.51. The molecule has 7 nitrogen and oxygen atoms in total. The van der Waals surface area contributed by atoms with Crippen LogP contribution in [0, 0.1) is 0 Å². The van der Waals surface area contributed by atoms with E-state index in [1.165, 1.54) is 7.11 Å². The van der Waals surface area contributed by atoms with Gasteiger partial charge in [0.15, 0.2) is 11.5 Å². The summed E-state index contributed by atoms with van der Waals surface area (Å²) < 4.78 is 16.2. The van der Waals surface area contributed by atoms with Crippen molar-refractivity contribution >= 4 is 10.9 Å². The number of pyridine rings is 1. The predicted molar refractivity (Wildman–Crippen MR) is 94.6 cm³/mol. The van der Waals surface area contributed by atoms with Gasteiger partial charge in [-0.05, 0) is 6.07 Å². The van der Waals surface area contributed by atoms with Crippen molar-refractivity contribution in [1.29, 1.82) is 0 Å². The van der Waals surface area contributed by atoms with Gasteiger partial charge in [0.1, 0.15) is 0 Å². The highest BCUT2D eigenvalue weighted by atomic mass is 16.5. The van der Waals surface area contributed by atoms with E-state index in [1.807, 2.05) is 23.1 Å². The number of benzene rings is 1. The second-order valence-corrected chi connectivity index (χ2v) is 5.84. The van der Waals surface area contributed by atoms with E-state index in [0.717, 1.165) is 5.39 Å². The standard InChI is InChI=1S/C18H22N2O5/c1-23-15-8-14-13(16(24-2)17(15)25-3)7-11(18(22)19-14)9-20-6-4-5-12(20)10-21/h4-5,7-8,12,21H,6,9-10H2,1-3H3,(H,19,22). The topological polar surface area (TPSA) is 84.0 Å². The SMILES string of the molecule is COc1cc2[nH]c(=O)c(CN3CC=CC3CO)cc2c(OC)c1OC. The summed E-state index contributed by atoms with van der Waals surface area (Å²) in [7, 11) is 4.62. The zero-order valence-corrected chi connectivity index (χ0v) is 14.5. The average molecular weight is 346 g/mol. The van der Waals surface area contributed by atoms with Gasteiger partial charge in [-0.2, -0.15) is 0 Å². The van der Waals surface area contributed by atoms with Gasteiger partial charge in [0.05, 0.1) is 39.5 Å². The molecule has 0 bridgehead atoms. The van der Waals surface area contributed by atoms with Crippen LogP contribution in [0.5, 0.6) is 17.2 Å². The smallest absolute Gasteiger partial charge is 0.252 e. The van der Waals surface area contributed by atoms with E-state index < -0.39 is 0 Å². The van der Waals surface area contributed by atoms with Gasteiger partial charge >= 0.3 is 0 Å². The van der Waals surface area contributed by atoms with Crippen LogP contribution in [0.2, 0.25) is 0 Å². The quantitative estimate of drug-likeness (QED) is 0.767. The van der Waals surface area contributed by atoms with Gasteiger partial charge in [0.25, 0.3) is 5.56 Å². The van der Waals surface area contributed by atoms with Gasteiger partial charge in [0.2, 0.25) is 5.75 Å². The Morgan fingerprint density at radius 1 is 1.20 bits per heavy atom. The van der Waals surface area contributed by atoms with E-state index in [9.17, 15) is 9.90 Å². The zero-order valence-electron chi connectivity index (χ0n) is 14.5. The number of rotatable bonds is 6. The first-order chi connectivity index (χ1) is 12.1. The number of H-pyrrole nitrogens is 1. The molecule has 2 heterocycles. The average Bonchev–Trinajstić information content (AvgIpc) is 3.07. The number of aliphatic hydroxyl groups excluding tert-OH is 1. The van der Waals surface area contributed by atoms with E-state index in [0.29, 0.717) is 41.4 Å². The third-order valence-electron chi connectivity index (χ3n) is 4.45. The molecule has 2 N–H and O–H groups in total. The molecule has 7 heteroatoms. The number of aliphatic hydroxyl groups is 1. The number of nitrogens with zero attached hydrogens (tertiary/aromatic N) is 1. The molecular weight excluding hydrogens is 324 g/mol. The Labute approximate surface area is 145 Å². The fraction of sp³-hybridized carbons (Fsp3) is 0.389. The van der Waals surface area contributed by atoms with E-state index in [-0.39, 0.29) is 18.2 Å². The Kier molecular flexibility index (Phi) is 4.96. The van der Waals surface area contributed by atoms with Crippen LogP contribution in [0.3, 0.4) is 0 Å². The highest BCUT2D eigenvalue weighted by Crippen LogP contribution is 2.42. The van der Waals surface area contributed by atoms with Crippen LogP contribution in [-0.2, 0) is 6.54 Å². The van der Waals surface area contributed by atoms with Crippen LogP contribution in [0.25, 0.3) is 10.9 Å². The van der Waals surface area contributed by atoms with Gasteiger partial charge in [0, 0.05) is 30.1 Å². The zero-order chi connectivity index (χ0) is 18.0. The number of ether oxygens (including phenoxy) is 3. The Balaban J connectivity index is 2.09. The number of fused-ring (bicyclic) bond motifs is 1. The van der Waals surface area contributed by atoms with E-state index in [4.69, 9.17) is 14.2 Å². The summed E-state index contributed by atoms with van der Waals surface area (Å²) >= 11 is 0. The van der Waals surface area contributed by atoms with Crippen molar-refractivity contribution in [3.8, 4) is 17.2 Å². The molecule has 134 valence electrons. The third-order valence-corrected chi connectivity index (χ3v) is 4.45. The molecule has 1 aliphatic heterocycles. The second kappa shape index (κ2) is 7.16. The summed E-state index contributed by atoms with van der Waals surface area (Å²) in [5, 5.41) is 10.2. The molecule has 1 aromatic heterocycles. The lowest BCUT2D eigenvalue weighted by Crippen LogP contribution is -2.34. The van der Waals surface area contributed by atoms with Gasteiger partial charge in [-0.1, -0.05) is 12.2 Å². The molecule has 0 saturated heterocycles. The van der Waals surface area contributed by atoms with Gasteiger partial charge < -0.3 is 24.3 Å². The first-order valence-corrected chi connectivity index (χ1v) is 7.99. The molecule has 3 rings (SSSR count). The number of methoxy groups -OCH3 is 3. The fourth-order valence-electron chi connectivity index (χ4n) is 3.17. The molecule has 0 radical (unpaired) electrons. The highest BCUT2D eigenvalue weighted by molar-refractivity contribution is 5.90. The number of nitrogens with one attached hydrogen (secondary N) is 1. The van der Waals surface area contributed by atoms with Crippen molar-refractivity contribution in [2.75, 3.05) is 34.5 Å². The Morgan fingerprint density at radius 3 is 2.60 bits per heavy atom. The summed E-state index contributed by atoms with van der Waals surface area (Å²) in [5.41, 5.74) is 1.03. The van der Waals surface area contributed by atoms with Crippen molar-refractivity contribution < 1.29 is 19.3 Å². The van der Waals surface area contributed by atoms with Crippen molar-refractivity contribution in [2.24, 2.45) is 0 Å². The van der Waals surface area contributed by atoms with E-state index >= 15 is 0 Å². The van der Waals surface area contributed by atoms with E-state index in [2.05, 4.69) is 4.98 Å². The predicted octanol–water partition coefficient (Wildman–Crippen LogP) is 1.29. The van der Waals surface area contributed by atoms with Crippen LogP contribution in [0.15, 0.2) is 29.1 Å². The van der Waals surface area contributed by atoms with Gasteiger partial charge in [-0.3, -0.25) is 9.69 Å². The van der Waals surface area contributed by atoms with Crippen LogP contribution in [0.4, 0.5) is 0 Å². The first kappa shape index (κ1) is 17.3. The lowest BCUT2D eigenvalue weighted by molar-refractivity contribution is 0.169. The highest BCUT2D eigenvalue weighted by Gasteiger charge is 2.22. The molecule has 0 amide bonds. The van der Waals surface area contributed by atoms with E-state index in [1.54, 1.807) is 20.3 Å². The molecule has 25 heavy (non-hydrogen) atoms. The maximum Gasteiger partial charge on any atom is 0.252 e. The first-order valence-electron chi connectivity index (χ1n) is 7.99. The van der Waals surface area contributed by atoms with Crippen LogP contribution in [-0.4, -0.2) is 55.5 Å². The largest absolute Gasteiger partial charge is 0.493 e. The van der Waals surface area contributed by atoms with Gasteiger partial charge in [-0.25, -0.2) is 0 Å². The van der Waals surface area contributed by atoms with Crippen molar-refractivity contribution in [3.05, 3.63) is 40.2 Å². The lowest BCUT2D eigenvalue weighted by Gasteiger charge is -2.22. The number of aromatic nitrogens is 1. The molecule has 0 fully saturated rings. The maximum atomic E-state index is 12.5. The van der Waals surface area contributed by atoms with Gasteiger partial charge in [-0.15, -0.1) is 0 Å². The lowest BCUT2D eigenvalue weighted by atomic mass is 10.1. The number of hydrogen-bond acceptors (Lipinski definition) is 6. The van der Waals surface area contributed by atoms with Crippen molar-refractivity contribution in [1.82, 2.24) is 9.88 Å². The molecule has 1 unspecified atom stereocenters. The molecule has 2 aromatic rings. The minimum atomic E-state index is -0.176. The molecule has 0 aliphatic carbocycles. The maximum absolute atomic E-state index is 12.5. The summed E-state index contributed by atoms with van der Waals surface area (Å²) in [6.45, 7) is 1.16. The fourth-order valence-corrected chi connectivity index (χ4v) is 3.17. The molecule has 1 aliphatic rings. The molecule has 0 spiro atoms. The molecule has 0 saturated carbocycles. The second-order valence-electron chi connectivity index (χ2n) is 5.84. The third kappa shape index (κ3) is 3.08. The Morgan fingerprint density at radius 2 is 1.96 bits per heavy atom. The summed E-state index contributed by atoms with van der Waals surface area (Å²) in [6, 6.07) is 3.46. The molecular formula is C18H22N2O5. The number of aromatic amines is 1. The summed E-state index contributed by atoms with van der Waals surface area (Å²) in [4.78, 5) is 17.4. The molecule has 1 atom stereocenters. The van der Waals surface area contributed by atoms with Crippen molar-refractivity contribution in [3.63, 3.8) is 0 Å². The minimum Gasteiger partial charge on any atom is -0.493 e. The van der Waals surface area contributed by atoms with Crippen molar-refractivity contribution in [2.45, 2.75) is 12.6 Å². The monoisotopic (exact) mass is 346 g/mol. The van der Waals surface area contributed by atoms with Crippen LogP contribution < -0.4 is 19.8 Å².